The first-order valence-electron chi connectivity index (χ1n) is 7.18. The van der Waals surface area contributed by atoms with E-state index >= 15 is 0 Å². The maximum atomic E-state index is 13.3. The van der Waals surface area contributed by atoms with Gasteiger partial charge in [-0.3, -0.25) is 4.79 Å². The number of ether oxygens (including phenoxy) is 1. The molecule has 2 saturated heterocycles. The van der Waals surface area contributed by atoms with Crippen LogP contribution in [0, 0.1) is 11.8 Å². The van der Waals surface area contributed by atoms with Gasteiger partial charge in [-0.2, -0.15) is 13.2 Å². The lowest BCUT2D eigenvalue weighted by Gasteiger charge is -2.18. The number of hydrogen-bond donors (Lipinski definition) is 0. The van der Waals surface area contributed by atoms with Crippen LogP contribution < -0.4 is 0 Å². The highest BCUT2D eigenvalue weighted by Crippen LogP contribution is 2.35. The van der Waals surface area contributed by atoms with Crippen molar-refractivity contribution in [1.29, 1.82) is 0 Å². The normalized spacial score (nSPS) is 25.1. The smallest absolute Gasteiger partial charge is 0.381 e. The summed E-state index contributed by atoms with van der Waals surface area (Å²) in [4.78, 5) is 13.9. The van der Waals surface area contributed by atoms with Crippen molar-refractivity contribution in [1.82, 2.24) is 19.9 Å². The van der Waals surface area contributed by atoms with Gasteiger partial charge in [0.2, 0.25) is 0 Å². The summed E-state index contributed by atoms with van der Waals surface area (Å²) in [7, 11) is 0. The Morgan fingerprint density at radius 1 is 1.27 bits per heavy atom. The van der Waals surface area contributed by atoms with E-state index < -0.39 is 29.5 Å². The second kappa shape index (κ2) is 5.22. The number of carbonyl (C=O) groups is 1. The third-order valence-electron chi connectivity index (χ3n) is 4.18. The van der Waals surface area contributed by atoms with Crippen molar-refractivity contribution < 1.29 is 22.7 Å². The Balaban J connectivity index is 1.90. The maximum absolute atomic E-state index is 13.3. The topological polar surface area (TPSA) is 60.2 Å². The molecule has 2 aliphatic rings. The fraction of sp³-hybridized carbons (Fsp3) is 0.769. The van der Waals surface area contributed by atoms with Gasteiger partial charge in [0.1, 0.15) is 0 Å². The van der Waals surface area contributed by atoms with Gasteiger partial charge in [-0.25, -0.2) is 4.68 Å². The molecule has 0 aromatic carbocycles. The van der Waals surface area contributed by atoms with Gasteiger partial charge in [0, 0.05) is 31.0 Å². The number of amides is 1. The summed E-state index contributed by atoms with van der Waals surface area (Å²) < 4.78 is 45.9. The molecule has 1 aromatic heterocycles. The molecule has 2 aliphatic heterocycles. The Labute approximate surface area is 125 Å². The monoisotopic (exact) mass is 318 g/mol. The number of fused-ring (bicyclic) bond motifs is 1. The first-order valence-corrected chi connectivity index (χ1v) is 7.18. The number of nitrogens with zero attached hydrogens (tertiary/aromatic N) is 4. The van der Waals surface area contributed by atoms with E-state index in [0.29, 0.717) is 26.3 Å². The highest BCUT2D eigenvalue weighted by molar-refractivity contribution is 5.93. The van der Waals surface area contributed by atoms with Crippen molar-refractivity contribution in [2.75, 3.05) is 26.3 Å². The molecule has 6 nitrogen and oxygen atoms in total. The summed E-state index contributed by atoms with van der Waals surface area (Å²) >= 11 is 0. The molecule has 0 aliphatic carbocycles. The van der Waals surface area contributed by atoms with E-state index in [9.17, 15) is 18.0 Å². The minimum atomic E-state index is -4.67. The number of hydrogen-bond acceptors (Lipinski definition) is 4. The number of carbonyl (C=O) groups excluding carboxylic acids is 1. The minimum Gasteiger partial charge on any atom is -0.381 e. The zero-order chi connectivity index (χ0) is 16.1. The van der Waals surface area contributed by atoms with Crippen molar-refractivity contribution in [3.8, 4) is 0 Å². The van der Waals surface area contributed by atoms with E-state index in [1.807, 2.05) is 0 Å². The quantitative estimate of drug-likeness (QED) is 0.831. The fourth-order valence-corrected chi connectivity index (χ4v) is 3.07. The summed E-state index contributed by atoms with van der Waals surface area (Å²) in [5, 5.41) is 7.03. The van der Waals surface area contributed by atoms with Crippen LogP contribution in [-0.4, -0.2) is 52.1 Å². The lowest BCUT2D eigenvalue weighted by molar-refractivity contribution is -0.145. The molecule has 0 N–H and O–H groups in total. The van der Waals surface area contributed by atoms with E-state index in [1.54, 1.807) is 13.8 Å². The van der Waals surface area contributed by atoms with Gasteiger partial charge in [0.25, 0.3) is 5.91 Å². The number of rotatable bonds is 2. The predicted molar refractivity (Wildman–Crippen MR) is 69.1 cm³/mol. The van der Waals surface area contributed by atoms with Gasteiger partial charge in [0.05, 0.1) is 13.2 Å². The van der Waals surface area contributed by atoms with Crippen LogP contribution in [0.3, 0.4) is 0 Å². The van der Waals surface area contributed by atoms with Crippen LogP contribution in [0.15, 0.2) is 0 Å². The molecule has 0 bridgehead atoms. The summed E-state index contributed by atoms with van der Waals surface area (Å²) in [6.45, 7) is 5.06. The van der Waals surface area contributed by atoms with Crippen molar-refractivity contribution in [2.24, 2.45) is 11.8 Å². The Kier molecular flexibility index (Phi) is 3.62. The van der Waals surface area contributed by atoms with Crippen LogP contribution in [0.4, 0.5) is 13.2 Å². The second-order valence-corrected chi connectivity index (χ2v) is 6.09. The van der Waals surface area contributed by atoms with Gasteiger partial charge >= 0.3 is 6.18 Å². The number of alkyl halides is 3. The van der Waals surface area contributed by atoms with E-state index in [4.69, 9.17) is 4.74 Å². The van der Waals surface area contributed by atoms with Gasteiger partial charge in [-0.05, 0) is 13.8 Å². The molecule has 0 unspecified atom stereocenters. The predicted octanol–water partition coefficient (Wildman–Crippen LogP) is 1.60. The van der Waals surface area contributed by atoms with Crippen molar-refractivity contribution >= 4 is 5.91 Å². The first-order chi connectivity index (χ1) is 10.3. The Hall–Kier alpha value is -1.64. The fourth-order valence-electron chi connectivity index (χ4n) is 3.07. The number of aromatic nitrogens is 3. The van der Waals surface area contributed by atoms with Crippen LogP contribution in [-0.2, 0) is 10.9 Å². The molecule has 22 heavy (non-hydrogen) atoms. The van der Waals surface area contributed by atoms with E-state index in [2.05, 4.69) is 10.3 Å². The molecule has 9 heteroatoms. The van der Waals surface area contributed by atoms with E-state index in [0.717, 1.165) is 4.68 Å². The van der Waals surface area contributed by atoms with E-state index in [-0.39, 0.29) is 11.8 Å². The molecular formula is C13H17F3N4O2. The average molecular weight is 318 g/mol. The van der Waals surface area contributed by atoms with Gasteiger partial charge in [-0.1, -0.05) is 5.21 Å². The van der Waals surface area contributed by atoms with Crippen molar-refractivity contribution in [3.05, 3.63) is 11.4 Å². The molecule has 3 heterocycles. The van der Waals surface area contributed by atoms with Gasteiger partial charge in [-0.15, -0.1) is 5.10 Å². The molecule has 3 rings (SSSR count). The molecule has 0 saturated carbocycles. The Bertz CT molecular complexity index is 572. The second-order valence-electron chi connectivity index (χ2n) is 6.09. The zero-order valence-corrected chi connectivity index (χ0v) is 12.3. The largest absolute Gasteiger partial charge is 0.435 e. The molecule has 0 spiro atoms. The molecular weight excluding hydrogens is 301 g/mol. The first kappa shape index (κ1) is 15.3. The molecule has 2 atom stereocenters. The van der Waals surface area contributed by atoms with Gasteiger partial charge in [0.15, 0.2) is 11.4 Å². The summed E-state index contributed by atoms with van der Waals surface area (Å²) in [6, 6.07) is -0.531. The third kappa shape index (κ3) is 2.47. The minimum absolute atomic E-state index is 0.207. The van der Waals surface area contributed by atoms with Crippen LogP contribution in [0.1, 0.15) is 36.1 Å². The Morgan fingerprint density at radius 3 is 2.36 bits per heavy atom. The molecule has 1 amide bonds. The molecule has 0 radical (unpaired) electrons. The van der Waals surface area contributed by atoms with Gasteiger partial charge < -0.3 is 9.64 Å². The van der Waals surface area contributed by atoms with Crippen LogP contribution in [0.2, 0.25) is 0 Å². The molecule has 122 valence electrons. The SMILES string of the molecule is CC(C)n1nnc(C(=O)N2C[C@H]3COC[C@H]3C2)c1C(F)(F)F. The maximum Gasteiger partial charge on any atom is 0.435 e. The molecule has 2 fully saturated rings. The highest BCUT2D eigenvalue weighted by Gasteiger charge is 2.45. The summed E-state index contributed by atoms with van der Waals surface area (Å²) in [5.41, 5.74) is -1.68. The van der Waals surface area contributed by atoms with Crippen molar-refractivity contribution in [2.45, 2.75) is 26.1 Å². The summed E-state index contributed by atoms with van der Waals surface area (Å²) in [5.74, 6) is -0.287. The number of halogens is 3. The zero-order valence-electron chi connectivity index (χ0n) is 12.3. The lowest BCUT2D eigenvalue weighted by Crippen LogP contribution is -2.32. The standard InChI is InChI=1S/C13H17F3N4O2/c1-7(2)20-11(13(14,15)16)10(17-18-20)12(21)19-3-8-5-22-6-9(8)4-19/h7-9H,3-6H2,1-2H3/t8-,9+. The van der Waals surface area contributed by atoms with Crippen LogP contribution in [0.5, 0.6) is 0 Å². The molecule has 1 aromatic rings. The van der Waals surface area contributed by atoms with Crippen LogP contribution in [0.25, 0.3) is 0 Å². The van der Waals surface area contributed by atoms with E-state index in [1.165, 1.54) is 4.90 Å². The lowest BCUT2D eigenvalue weighted by atomic mass is 10.0. The van der Waals surface area contributed by atoms with Crippen LogP contribution >= 0.6 is 0 Å². The summed E-state index contributed by atoms with van der Waals surface area (Å²) in [6.07, 6.45) is -4.67. The third-order valence-corrected chi connectivity index (χ3v) is 4.18. The highest BCUT2D eigenvalue weighted by atomic mass is 19.4. The Morgan fingerprint density at radius 2 is 1.86 bits per heavy atom. The average Bonchev–Trinajstić information content (AvgIpc) is 3.09. The number of likely N-dealkylation sites (tertiary alicyclic amines) is 1. The van der Waals surface area contributed by atoms with Crippen molar-refractivity contribution in [3.63, 3.8) is 0 Å².